The number of hydrogen-bond acceptors (Lipinski definition) is 3. The average molecular weight is 289 g/mol. The van der Waals surface area contributed by atoms with E-state index in [4.69, 9.17) is 5.11 Å². The second kappa shape index (κ2) is 7.98. The fourth-order valence-corrected chi connectivity index (χ4v) is 3.14. The molecule has 0 bridgehead atoms. The van der Waals surface area contributed by atoms with Crippen LogP contribution in [0, 0.1) is 11.8 Å². The maximum atomic E-state index is 12.1. The van der Waals surface area contributed by atoms with Crippen LogP contribution in [0.2, 0.25) is 0 Å². The number of carbonyl (C=O) groups excluding carboxylic acids is 1. The van der Waals surface area contributed by atoms with Crippen molar-refractivity contribution in [3.63, 3.8) is 0 Å². The molecule has 1 aromatic rings. The molecule has 3 nitrogen and oxygen atoms in total. The number of aliphatic hydroxyl groups is 1. The van der Waals surface area contributed by atoms with Crippen molar-refractivity contribution in [1.29, 1.82) is 0 Å². The maximum absolute atomic E-state index is 12.1. The van der Waals surface area contributed by atoms with Crippen LogP contribution in [0.4, 0.5) is 0 Å². The monoisotopic (exact) mass is 289 g/mol. The fraction of sp³-hybridized carbons (Fsp3) is 0.438. The first kappa shape index (κ1) is 15.0. The third-order valence-electron chi connectivity index (χ3n) is 3.17. The lowest BCUT2D eigenvalue weighted by Crippen LogP contribution is -2.37. The smallest absolute Gasteiger partial charge is 0.251 e. The van der Waals surface area contributed by atoms with Crippen LogP contribution in [0.5, 0.6) is 0 Å². The minimum absolute atomic E-state index is 0.00299. The molecule has 0 atom stereocenters. The van der Waals surface area contributed by atoms with Gasteiger partial charge in [-0.15, -0.1) is 0 Å². The number of rotatable bonds is 3. The number of nitrogens with one attached hydrogen (secondary N) is 1. The molecule has 0 aromatic heterocycles. The number of thioether (sulfide) groups is 1. The largest absolute Gasteiger partial charge is 0.395 e. The van der Waals surface area contributed by atoms with E-state index in [0.29, 0.717) is 18.0 Å². The van der Waals surface area contributed by atoms with Gasteiger partial charge in [0.2, 0.25) is 0 Å². The molecule has 4 heteroatoms. The molecule has 1 fully saturated rings. The Bertz CT molecular complexity index is 495. The zero-order chi connectivity index (χ0) is 14.2. The van der Waals surface area contributed by atoms with Gasteiger partial charge in [-0.05, 0) is 48.6 Å². The van der Waals surface area contributed by atoms with E-state index in [9.17, 15) is 4.79 Å². The Labute approximate surface area is 124 Å². The second-order valence-corrected chi connectivity index (χ2v) is 5.94. The van der Waals surface area contributed by atoms with E-state index in [-0.39, 0.29) is 12.5 Å². The van der Waals surface area contributed by atoms with Crippen LogP contribution in [-0.4, -0.2) is 35.2 Å². The molecule has 0 saturated carbocycles. The van der Waals surface area contributed by atoms with Crippen molar-refractivity contribution in [3.05, 3.63) is 35.4 Å². The average Bonchev–Trinajstić information content (AvgIpc) is 2.49. The third-order valence-corrected chi connectivity index (χ3v) is 4.22. The quantitative estimate of drug-likeness (QED) is 0.837. The summed E-state index contributed by atoms with van der Waals surface area (Å²) in [5.74, 6) is 8.07. The summed E-state index contributed by atoms with van der Waals surface area (Å²) in [5.41, 5.74) is 1.54. The summed E-state index contributed by atoms with van der Waals surface area (Å²) in [7, 11) is 0. The minimum Gasteiger partial charge on any atom is -0.395 e. The fourth-order valence-electron chi connectivity index (χ4n) is 2.04. The first-order valence-electron chi connectivity index (χ1n) is 6.88. The van der Waals surface area contributed by atoms with E-state index in [1.807, 2.05) is 23.9 Å². The summed E-state index contributed by atoms with van der Waals surface area (Å²) in [6.45, 7) is 0.0766. The van der Waals surface area contributed by atoms with Crippen molar-refractivity contribution < 1.29 is 9.90 Å². The number of benzene rings is 1. The summed E-state index contributed by atoms with van der Waals surface area (Å²) in [6.07, 6.45) is 2.59. The highest BCUT2D eigenvalue weighted by molar-refractivity contribution is 7.99. The molecule has 1 amide bonds. The van der Waals surface area contributed by atoms with Gasteiger partial charge in [0.25, 0.3) is 5.91 Å². The zero-order valence-electron chi connectivity index (χ0n) is 11.4. The van der Waals surface area contributed by atoms with Crippen molar-refractivity contribution in [2.45, 2.75) is 25.3 Å². The lowest BCUT2D eigenvalue weighted by atomic mass is 10.1. The Hall–Kier alpha value is -1.44. The van der Waals surface area contributed by atoms with Gasteiger partial charge in [-0.3, -0.25) is 4.79 Å². The van der Waals surface area contributed by atoms with Crippen molar-refractivity contribution in [1.82, 2.24) is 5.32 Å². The Morgan fingerprint density at radius 3 is 2.65 bits per heavy atom. The van der Waals surface area contributed by atoms with E-state index in [0.717, 1.165) is 29.9 Å². The maximum Gasteiger partial charge on any atom is 0.251 e. The molecule has 0 unspecified atom stereocenters. The lowest BCUT2D eigenvalue weighted by Gasteiger charge is -2.22. The Morgan fingerprint density at radius 2 is 2.00 bits per heavy atom. The molecule has 1 aliphatic rings. The molecule has 20 heavy (non-hydrogen) atoms. The molecule has 2 rings (SSSR count). The topological polar surface area (TPSA) is 49.3 Å². The van der Waals surface area contributed by atoms with Gasteiger partial charge < -0.3 is 10.4 Å². The van der Waals surface area contributed by atoms with Gasteiger partial charge in [0.15, 0.2) is 0 Å². The highest BCUT2D eigenvalue weighted by Crippen LogP contribution is 2.17. The standard InChI is InChI=1S/C16H19NO2S/c18-10-2-1-3-13-4-6-14(7-5-13)16(19)17-15-8-11-20-12-9-15/h4-7,15,18H,2,8-12H2,(H,17,19). The van der Waals surface area contributed by atoms with E-state index >= 15 is 0 Å². The van der Waals surface area contributed by atoms with Gasteiger partial charge in [-0.25, -0.2) is 0 Å². The summed E-state index contributed by atoms with van der Waals surface area (Å²) >= 11 is 1.95. The van der Waals surface area contributed by atoms with Crippen molar-refractivity contribution in [3.8, 4) is 11.8 Å². The van der Waals surface area contributed by atoms with Crippen molar-refractivity contribution in [2.24, 2.45) is 0 Å². The molecular formula is C16H19NO2S. The molecule has 106 valence electrons. The van der Waals surface area contributed by atoms with Gasteiger partial charge in [-0.2, -0.15) is 11.8 Å². The normalized spacial score (nSPS) is 15.2. The lowest BCUT2D eigenvalue weighted by molar-refractivity contribution is 0.0935. The van der Waals surface area contributed by atoms with Gasteiger partial charge in [-0.1, -0.05) is 11.8 Å². The Morgan fingerprint density at radius 1 is 1.30 bits per heavy atom. The number of carbonyl (C=O) groups is 1. The van der Waals surface area contributed by atoms with Crippen molar-refractivity contribution in [2.75, 3.05) is 18.1 Å². The molecule has 1 aromatic carbocycles. The summed E-state index contributed by atoms with van der Waals surface area (Å²) in [4.78, 5) is 12.1. The molecule has 0 spiro atoms. The van der Waals surface area contributed by atoms with E-state index in [1.54, 1.807) is 12.1 Å². The number of aliphatic hydroxyl groups excluding tert-OH is 1. The first-order chi connectivity index (χ1) is 9.79. The van der Waals surface area contributed by atoms with E-state index in [2.05, 4.69) is 17.2 Å². The zero-order valence-corrected chi connectivity index (χ0v) is 12.2. The predicted molar refractivity (Wildman–Crippen MR) is 82.8 cm³/mol. The molecule has 0 aliphatic carbocycles. The van der Waals surface area contributed by atoms with Crippen LogP contribution < -0.4 is 5.32 Å². The molecule has 0 radical (unpaired) electrons. The minimum atomic E-state index is -0.00299. The van der Waals surface area contributed by atoms with E-state index in [1.165, 1.54) is 0 Å². The molecule has 1 saturated heterocycles. The van der Waals surface area contributed by atoms with Crippen LogP contribution in [-0.2, 0) is 0 Å². The van der Waals surface area contributed by atoms with Gasteiger partial charge >= 0.3 is 0 Å². The van der Waals surface area contributed by atoms with Crippen molar-refractivity contribution >= 4 is 17.7 Å². The van der Waals surface area contributed by atoms with Crippen LogP contribution in [0.25, 0.3) is 0 Å². The third kappa shape index (κ3) is 4.59. The molecule has 1 heterocycles. The Balaban J connectivity index is 1.92. The molecular weight excluding hydrogens is 270 g/mol. The van der Waals surface area contributed by atoms with Crippen LogP contribution in [0.1, 0.15) is 35.2 Å². The highest BCUT2D eigenvalue weighted by Gasteiger charge is 2.16. The number of hydrogen-bond donors (Lipinski definition) is 2. The SMILES string of the molecule is O=C(NC1CCSCC1)c1ccc(C#CCCO)cc1. The first-order valence-corrected chi connectivity index (χ1v) is 8.03. The van der Waals surface area contributed by atoms with Crippen LogP contribution in [0.3, 0.4) is 0 Å². The summed E-state index contributed by atoms with van der Waals surface area (Å²) in [5, 5.41) is 11.7. The highest BCUT2D eigenvalue weighted by atomic mass is 32.2. The molecule has 1 aliphatic heterocycles. The molecule has 2 N–H and O–H groups in total. The predicted octanol–water partition coefficient (Wildman–Crippen LogP) is 2.05. The van der Waals surface area contributed by atoms with Crippen LogP contribution in [0.15, 0.2) is 24.3 Å². The summed E-state index contributed by atoms with van der Waals surface area (Å²) < 4.78 is 0. The summed E-state index contributed by atoms with van der Waals surface area (Å²) in [6, 6.07) is 7.60. The second-order valence-electron chi connectivity index (χ2n) is 4.71. The van der Waals surface area contributed by atoms with E-state index < -0.39 is 0 Å². The number of amides is 1. The van der Waals surface area contributed by atoms with Gasteiger partial charge in [0.1, 0.15) is 0 Å². The Kier molecular flexibility index (Phi) is 5.97. The van der Waals surface area contributed by atoms with Gasteiger partial charge in [0.05, 0.1) is 6.61 Å². The van der Waals surface area contributed by atoms with Gasteiger partial charge in [0, 0.05) is 23.6 Å². The van der Waals surface area contributed by atoms with Crippen LogP contribution >= 0.6 is 11.8 Å².